The summed E-state index contributed by atoms with van der Waals surface area (Å²) >= 11 is 6.93. The fourth-order valence-corrected chi connectivity index (χ4v) is 4.21. The Labute approximate surface area is 150 Å². The highest BCUT2D eigenvalue weighted by Crippen LogP contribution is 2.33. The molecule has 0 amide bonds. The molecule has 1 rings (SSSR count). The molecule has 0 aliphatic heterocycles. The maximum Gasteiger partial charge on any atom is 0.335 e. The van der Waals surface area contributed by atoms with E-state index in [0.29, 0.717) is 5.56 Å². The zero-order valence-electron chi connectivity index (χ0n) is 13.1. The number of aryl methyl sites for hydroxylation is 1. The van der Waals surface area contributed by atoms with Gasteiger partial charge in [-0.2, -0.15) is 0 Å². The van der Waals surface area contributed by atoms with Gasteiger partial charge in [-0.25, -0.2) is 4.79 Å². The van der Waals surface area contributed by atoms with Gasteiger partial charge in [-0.1, -0.05) is 83.9 Å². The standard InChI is InChI=1S/C18H24Br2O2/c1-3-4-5-6-7-8-9-10-14-11-15(19)17(16(20)12-14)13(2)18(21)22/h11-12H,2-10H2,1H3,(H,21,22). The molecule has 2 nitrogen and oxygen atoms in total. The van der Waals surface area contributed by atoms with Gasteiger partial charge in [-0.05, 0) is 30.5 Å². The van der Waals surface area contributed by atoms with E-state index in [9.17, 15) is 4.79 Å². The molecule has 0 saturated carbocycles. The van der Waals surface area contributed by atoms with Crippen LogP contribution in [-0.4, -0.2) is 11.1 Å². The van der Waals surface area contributed by atoms with Crippen molar-refractivity contribution in [3.63, 3.8) is 0 Å². The maximum absolute atomic E-state index is 11.1. The summed E-state index contributed by atoms with van der Waals surface area (Å²) in [7, 11) is 0. The summed E-state index contributed by atoms with van der Waals surface area (Å²) in [6.07, 6.45) is 10.1. The molecule has 0 aliphatic rings. The first kappa shape index (κ1) is 19.4. The number of carboxylic acids is 1. The Balaban J connectivity index is 2.53. The van der Waals surface area contributed by atoms with E-state index in [1.165, 1.54) is 50.5 Å². The number of aliphatic carboxylic acids is 1. The number of rotatable bonds is 10. The van der Waals surface area contributed by atoms with Gasteiger partial charge in [0.15, 0.2) is 0 Å². The molecule has 0 heterocycles. The smallest absolute Gasteiger partial charge is 0.335 e. The van der Waals surface area contributed by atoms with Crippen LogP contribution in [0.3, 0.4) is 0 Å². The van der Waals surface area contributed by atoms with Crippen molar-refractivity contribution in [2.75, 3.05) is 0 Å². The van der Waals surface area contributed by atoms with Crippen LogP contribution < -0.4 is 0 Å². The molecule has 1 aromatic rings. The van der Waals surface area contributed by atoms with Gasteiger partial charge in [0.25, 0.3) is 0 Å². The van der Waals surface area contributed by atoms with Crippen molar-refractivity contribution in [3.05, 3.63) is 38.8 Å². The van der Waals surface area contributed by atoms with E-state index >= 15 is 0 Å². The van der Waals surface area contributed by atoms with E-state index in [2.05, 4.69) is 45.4 Å². The van der Waals surface area contributed by atoms with Crippen molar-refractivity contribution in [1.82, 2.24) is 0 Å². The maximum atomic E-state index is 11.1. The van der Waals surface area contributed by atoms with Crippen LogP contribution in [0.1, 0.15) is 63.0 Å². The number of hydrogen-bond donors (Lipinski definition) is 1. The molecule has 0 unspecified atom stereocenters. The largest absolute Gasteiger partial charge is 0.478 e. The highest BCUT2D eigenvalue weighted by Gasteiger charge is 2.15. The Morgan fingerprint density at radius 2 is 1.55 bits per heavy atom. The van der Waals surface area contributed by atoms with Crippen LogP contribution in [0.5, 0.6) is 0 Å². The van der Waals surface area contributed by atoms with Crippen LogP contribution in [0.25, 0.3) is 5.57 Å². The van der Waals surface area contributed by atoms with Gasteiger partial charge in [0.1, 0.15) is 0 Å². The second-order valence-corrected chi connectivity index (χ2v) is 7.30. The normalized spacial score (nSPS) is 10.7. The van der Waals surface area contributed by atoms with Gasteiger partial charge in [-0.15, -0.1) is 0 Å². The van der Waals surface area contributed by atoms with Crippen LogP contribution in [0.15, 0.2) is 27.7 Å². The lowest BCUT2D eigenvalue weighted by atomic mass is 10.0. The predicted molar refractivity (Wildman–Crippen MR) is 100 cm³/mol. The molecule has 0 saturated heterocycles. The molecule has 4 heteroatoms. The van der Waals surface area contributed by atoms with E-state index < -0.39 is 5.97 Å². The number of halogens is 2. The Morgan fingerprint density at radius 1 is 1.05 bits per heavy atom. The molecule has 0 fully saturated rings. The molecule has 0 atom stereocenters. The third kappa shape index (κ3) is 6.25. The molecule has 0 spiro atoms. The van der Waals surface area contributed by atoms with Crippen molar-refractivity contribution in [2.24, 2.45) is 0 Å². The minimum atomic E-state index is -0.999. The van der Waals surface area contributed by atoms with Gasteiger partial charge in [0.05, 0.1) is 5.57 Å². The minimum Gasteiger partial charge on any atom is -0.478 e. The molecule has 0 aliphatic carbocycles. The molecular formula is C18H24Br2O2. The Kier molecular flexibility index (Phi) is 9.03. The molecule has 0 aromatic heterocycles. The molecule has 0 bridgehead atoms. The van der Waals surface area contributed by atoms with Crippen LogP contribution in [0.4, 0.5) is 0 Å². The number of carboxylic acid groups (broad SMARTS) is 1. The van der Waals surface area contributed by atoms with E-state index in [4.69, 9.17) is 5.11 Å². The van der Waals surface area contributed by atoms with E-state index in [1.807, 2.05) is 12.1 Å². The Morgan fingerprint density at radius 3 is 2.05 bits per heavy atom. The average Bonchev–Trinajstić information content (AvgIpc) is 2.45. The third-order valence-electron chi connectivity index (χ3n) is 3.73. The Hall–Kier alpha value is -0.610. The van der Waals surface area contributed by atoms with Crippen LogP contribution >= 0.6 is 31.9 Å². The van der Waals surface area contributed by atoms with Crippen molar-refractivity contribution in [2.45, 2.75) is 58.3 Å². The number of benzene rings is 1. The SMILES string of the molecule is C=C(C(=O)O)c1c(Br)cc(CCCCCCCCC)cc1Br. The van der Waals surface area contributed by atoms with Crippen molar-refractivity contribution in [3.8, 4) is 0 Å². The summed E-state index contributed by atoms with van der Waals surface area (Å²) < 4.78 is 1.57. The van der Waals surface area contributed by atoms with Crippen molar-refractivity contribution >= 4 is 43.4 Å². The number of carbonyl (C=O) groups is 1. The fourth-order valence-electron chi connectivity index (χ4n) is 2.45. The zero-order valence-corrected chi connectivity index (χ0v) is 16.3. The topological polar surface area (TPSA) is 37.3 Å². The second kappa shape index (κ2) is 10.2. The summed E-state index contributed by atoms with van der Waals surface area (Å²) in [5.41, 5.74) is 1.94. The minimum absolute atomic E-state index is 0.0984. The summed E-state index contributed by atoms with van der Waals surface area (Å²) in [4.78, 5) is 11.1. The molecule has 22 heavy (non-hydrogen) atoms. The lowest BCUT2D eigenvalue weighted by Crippen LogP contribution is -2.01. The number of unbranched alkanes of at least 4 members (excludes halogenated alkanes) is 6. The van der Waals surface area contributed by atoms with Crippen molar-refractivity contribution in [1.29, 1.82) is 0 Å². The number of hydrogen-bond acceptors (Lipinski definition) is 1. The highest BCUT2D eigenvalue weighted by molar-refractivity contribution is 9.11. The van der Waals surface area contributed by atoms with E-state index in [1.54, 1.807) is 0 Å². The first-order valence-corrected chi connectivity index (χ1v) is 9.46. The first-order chi connectivity index (χ1) is 10.5. The lowest BCUT2D eigenvalue weighted by Gasteiger charge is -2.10. The summed E-state index contributed by atoms with van der Waals surface area (Å²) in [6, 6.07) is 4.01. The Bertz CT molecular complexity index is 501. The molecule has 122 valence electrons. The monoisotopic (exact) mass is 430 g/mol. The molecular weight excluding hydrogens is 408 g/mol. The molecule has 1 aromatic carbocycles. The second-order valence-electron chi connectivity index (χ2n) is 5.59. The predicted octanol–water partition coefficient (Wildman–Crippen LogP) is 6.60. The fraction of sp³-hybridized carbons (Fsp3) is 0.500. The van der Waals surface area contributed by atoms with Crippen LogP contribution in [-0.2, 0) is 11.2 Å². The summed E-state index contributed by atoms with van der Waals surface area (Å²) in [6.45, 7) is 5.86. The lowest BCUT2D eigenvalue weighted by molar-refractivity contribution is -0.130. The average molecular weight is 432 g/mol. The van der Waals surface area contributed by atoms with Crippen molar-refractivity contribution < 1.29 is 9.90 Å². The summed E-state index contributed by atoms with van der Waals surface area (Å²) in [5, 5.41) is 9.07. The van der Waals surface area contributed by atoms with Gasteiger partial charge >= 0.3 is 5.97 Å². The third-order valence-corrected chi connectivity index (χ3v) is 4.98. The van der Waals surface area contributed by atoms with Crippen LogP contribution in [0.2, 0.25) is 0 Å². The molecule has 1 N–H and O–H groups in total. The van der Waals surface area contributed by atoms with Crippen LogP contribution in [0, 0.1) is 0 Å². The van der Waals surface area contributed by atoms with Gasteiger partial charge in [0, 0.05) is 14.5 Å². The quantitative estimate of drug-likeness (QED) is 0.334. The van der Waals surface area contributed by atoms with Gasteiger partial charge in [0.2, 0.25) is 0 Å². The summed E-state index contributed by atoms with van der Waals surface area (Å²) in [5.74, 6) is -0.999. The highest BCUT2D eigenvalue weighted by atomic mass is 79.9. The first-order valence-electron chi connectivity index (χ1n) is 7.87. The zero-order chi connectivity index (χ0) is 16.5. The van der Waals surface area contributed by atoms with Gasteiger partial charge < -0.3 is 5.11 Å². The van der Waals surface area contributed by atoms with Gasteiger partial charge in [-0.3, -0.25) is 0 Å². The van der Waals surface area contributed by atoms with E-state index in [-0.39, 0.29) is 5.57 Å². The molecule has 0 radical (unpaired) electrons. The van der Waals surface area contributed by atoms with E-state index in [0.717, 1.165) is 15.4 Å².